The number of carboxylic acid groups (broad SMARTS) is 1. The van der Waals surface area contributed by atoms with Gasteiger partial charge in [-0.1, -0.05) is 105 Å². The Labute approximate surface area is 425 Å². The normalized spacial score (nSPS) is 45.1. The Hall–Kier alpha value is -3.20. The molecular weight excluding hydrogens is 893 g/mol. The first kappa shape index (κ1) is 54.1. The molecule has 10 rings (SSSR count). The zero-order valence-electron chi connectivity index (χ0n) is 45.5. The van der Waals surface area contributed by atoms with Crippen molar-refractivity contribution in [3.63, 3.8) is 0 Å². The molecule has 0 aromatic carbocycles. The molecule has 0 saturated heterocycles. The summed E-state index contributed by atoms with van der Waals surface area (Å²) in [5.41, 5.74) is 6.32. The Balaban J connectivity index is 0.000000172. The molecule has 2 aromatic rings. The van der Waals surface area contributed by atoms with Crippen LogP contribution in [-0.2, 0) is 9.59 Å². The Morgan fingerprint density at radius 1 is 0.634 bits per heavy atom. The molecule has 0 radical (unpaired) electrons. The number of nitrogens with zero attached hydrogens (tertiary/aromatic N) is 6. The molecule has 15 nitrogen and oxygen atoms in total. The maximum Gasteiger partial charge on any atom is 0.303 e. The molecule has 71 heavy (non-hydrogen) atoms. The number of aromatic nitrogens is 8. The summed E-state index contributed by atoms with van der Waals surface area (Å²) in [7, 11) is 0. The van der Waals surface area contributed by atoms with Gasteiger partial charge >= 0.3 is 5.97 Å². The fourth-order valence-electron chi connectivity index (χ4n) is 20.0. The molecule has 8 aliphatic carbocycles. The summed E-state index contributed by atoms with van der Waals surface area (Å²) in [6.45, 7) is 24.3. The molecule has 8 aliphatic rings. The fraction of sp³-hybridized carbons (Fsp3) is 0.929. The lowest BCUT2D eigenvalue weighted by Crippen LogP contribution is -2.61. The van der Waals surface area contributed by atoms with Crippen molar-refractivity contribution < 1.29 is 24.9 Å². The average Bonchev–Trinajstić information content (AvgIpc) is 4.17. The van der Waals surface area contributed by atoms with Crippen molar-refractivity contribution in [3.8, 4) is 0 Å². The maximum atomic E-state index is 12.4. The van der Waals surface area contributed by atoms with Crippen molar-refractivity contribution in [2.75, 3.05) is 11.1 Å². The van der Waals surface area contributed by atoms with Crippen molar-refractivity contribution in [2.45, 2.75) is 210 Å². The predicted octanol–water partition coefficient (Wildman–Crippen LogP) is 10.6. The van der Waals surface area contributed by atoms with Gasteiger partial charge in [0, 0.05) is 12.8 Å². The molecule has 0 unspecified atom stereocenters. The third-order valence-electron chi connectivity index (χ3n) is 23.5. The van der Waals surface area contributed by atoms with E-state index < -0.39 is 5.97 Å². The second kappa shape index (κ2) is 21.6. The summed E-state index contributed by atoms with van der Waals surface area (Å²) in [5, 5.41) is 61.1. The molecule has 8 fully saturated rings. The van der Waals surface area contributed by atoms with E-state index in [0.717, 1.165) is 37.5 Å². The highest BCUT2D eigenvalue weighted by atomic mass is 16.4. The van der Waals surface area contributed by atoms with Crippen LogP contribution in [0.4, 0.5) is 11.9 Å². The van der Waals surface area contributed by atoms with Crippen molar-refractivity contribution in [2.24, 2.45) is 116 Å². The number of amides is 1. The number of aliphatic carboxylic acids is 1. The average molecular weight is 989 g/mol. The molecule has 1 amide bonds. The summed E-state index contributed by atoms with van der Waals surface area (Å²) in [6, 6.07) is 0. The number of carboxylic acids is 1. The van der Waals surface area contributed by atoms with Crippen LogP contribution in [0, 0.1) is 116 Å². The SMILES string of the molecule is CC[C@H]1[C@@H](O)[C@@H]2[C@H](CC[C@]3(C)[C@@H]([C@H](C)CCC(=O)Nc4nn[nH]n4)CC[C@@H]23)[C@@]2(C)CC[C@@H](C)C[C@@H]12.CC[C@H]1[C@@H](O)[C@@H]2[C@H](CC[C@]3(C)[C@@H]([C@H](C)CCC(=O)O)CC[C@@H]23)[C@@]2(C)CC[C@@H](C)C[C@@H]12.Nc1nn[nH]n1. The van der Waals surface area contributed by atoms with E-state index in [0.29, 0.717) is 107 Å². The van der Waals surface area contributed by atoms with E-state index in [2.05, 4.69) is 116 Å². The second-order valence-corrected chi connectivity index (χ2v) is 26.6. The van der Waals surface area contributed by atoms with E-state index in [4.69, 9.17) is 5.73 Å². The van der Waals surface area contributed by atoms with Crippen LogP contribution in [0.5, 0.6) is 0 Å². The van der Waals surface area contributed by atoms with Gasteiger partial charge in [0.25, 0.3) is 11.9 Å². The molecule has 400 valence electrons. The lowest BCUT2D eigenvalue weighted by Gasteiger charge is -2.65. The van der Waals surface area contributed by atoms with Crippen molar-refractivity contribution in [1.82, 2.24) is 41.2 Å². The number of nitrogen functional groups attached to an aromatic ring is 1. The summed E-state index contributed by atoms with van der Waals surface area (Å²) < 4.78 is 0. The Morgan fingerprint density at radius 3 is 1.46 bits per heavy atom. The minimum atomic E-state index is -0.663. The van der Waals surface area contributed by atoms with E-state index in [9.17, 15) is 24.9 Å². The van der Waals surface area contributed by atoms with Crippen LogP contribution < -0.4 is 11.1 Å². The van der Waals surface area contributed by atoms with Gasteiger partial charge in [0.05, 0.1) is 12.2 Å². The molecule has 22 atom stereocenters. The van der Waals surface area contributed by atoms with Gasteiger partial charge in [-0.05, 0) is 217 Å². The molecule has 2 aromatic heterocycles. The fourth-order valence-corrected chi connectivity index (χ4v) is 20.0. The molecule has 2 heterocycles. The van der Waals surface area contributed by atoms with Crippen LogP contribution in [0.2, 0.25) is 0 Å². The molecule has 8 saturated carbocycles. The first-order valence-electron chi connectivity index (χ1n) is 28.8. The summed E-state index contributed by atoms with van der Waals surface area (Å²) in [6.07, 6.45) is 22.5. The zero-order valence-corrected chi connectivity index (χ0v) is 45.5. The lowest BCUT2D eigenvalue weighted by molar-refractivity contribution is -0.198. The van der Waals surface area contributed by atoms with Gasteiger partial charge in [0.15, 0.2) is 0 Å². The topological polar surface area (TPSA) is 242 Å². The monoisotopic (exact) mass is 989 g/mol. The number of carbonyl (C=O) groups is 2. The highest BCUT2D eigenvalue weighted by Crippen LogP contribution is 2.72. The number of aliphatic hydroxyl groups excluding tert-OH is 2. The quantitative estimate of drug-likeness (QED) is 0.111. The second-order valence-electron chi connectivity index (χ2n) is 26.6. The number of rotatable bonds is 11. The predicted molar refractivity (Wildman–Crippen MR) is 276 cm³/mol. The number of H-pyrrole nitrogens is 2. The number of anilines is 2. The van der Waals surface area contributed by atoms with Crippen LogP contribution in [-0.4, -0.2) is 80.7 Å². The van der Waals surface area contributed by atoms with Crippen molar-refractivity contribution in [1.29, 1.82) is 0 Å². The number of fused-ring (bicyclic) bond motifs is 10. The molecule has 15 heteroatoms. The van der Waals surface area contributed by atoms with Gasteiger partial charge in [0.1, 0.15) is 0 Å². The molecule has 8 N–H and O–H groups in total. The highest BCUT2D eigenvalue weighted by Gasteiger charge is 2.66. The Kier molecular flexibility index (Phi) is 16.4. The van der Waals surface area contributed by atoms with E-state index in [1.54, 1.807) is 0 Å². The van der Waals surface area contributed by atoms with Gasteiger partial charge in [-0.15, -0.1) is 10.2 Å². The number of carbonyl (C=O) groups excluding carboxylic acids is 1. The molecule has 0 bridgehead atoms. The van der Waals surface area contributed by atoms with E-state index in [-0.39, 0.29) is 40.8 Å². The van der Waals surface area contributed by atoms with Gasteiger partial charge in [-0.25, -0.2) is 0 Å². The van der Waals surface area contributed by atoms with E-state index >= 15 is 0 Å². The van der Waals surface area contributed by atoms with Crippen molar-refractivity contribution >= 4 is 23.8 Å². The van der Waals surface area contributed by atoms with Crippen LogP contribution in [0.15, 0.2) is 0 Å². The maximum absolute atomic E-state index is 12.4. The van der Waals surface area contributed by atoms with Gasteiger partial charge < -0.3 is 21.1 Å². The number of aliphatic hydroxyl groups is 2. The molecule has 0 spiro atoms. The third-order valence-corrected chi connectivity index (χ3v) is 23.5. The minimum Gasteiger partial charge on any atom is -0.481 e. The number of hydrogen-bond acceptors (Lipinski definition) is 11. The van der Waals surface area contributed by atoms with Gasteiger partial charge in [-0.2, -0.15) is 10.4 Å². The largest absolute Gasteiger partial charge is 0.481 e. The van der Waals surface area contributed by atoms with Crippen molar-refractivity contribution in [3.05, 3.63) is 0 Å². The first-order valence-corrected chi connectivity index (χ1v) is 28.8. The molecule has 0 aliphatic heterocycles. The zero-order chi connectivity index (χ0) is 51.2. The number of hydrogen-bond donors (Lipinski definition) is 7. The summed E-state index contributed by atoms with van der Waals surface area (Å²) in [4.78, 5) is 23.6. The number of tetrazole rings is 2. The van der Waals surface area contributed by atoms with Gasteiger partial charge in [-0.3, -0.25) is 14.9 Å². The Morgan fingerprint density at radius 2 is 1.07 bits per heavy atom. The summed E-state index contributed by atoms with van der Waals surface area (Å²) in [5.74, 6) is 9.31. The van der Waals surface area contributed by atoms with Crippen LogP contribution in [0.25, 0.3) is 0 Å². The standard InChI is InChI=1S/C28H47N5O2.C27H46O3.CH3N5/c1-6-18-22-15-16(2)11-13-28(22,5)21-12-14-27(4)19(8-9-20(27)24(21)25(18)35)17(3)7-10-23(34)29-26-30-32-33-31-26;1-6-18-22-15-16(2)11-13-27(22,5)21-12-14-26(4)19(17(3)7-10-23(28)29)8-9-20(26)24(21)25(18)30;2-1-3-5-6-4-1/h16-22,24-25,35H,6-15H2,1-5H3,(H2,29,30,31,32,33,34);16-22,24-25,30H,6-15H2,1-5H3,(H,28,29);(H3,2,3,4,5,6)/t16-,17-,18-,19-,20+,21+,22+,24+,25-,27-,28-;16-,17-,18-,19-,20+,21+,22+,24+,25-,26-,27-;/m11./s1. The van der Waals surface area contributed by atoms with Gasteiger partial charge in [0.2, 0.25) is 5.91 Å². The van der Waals surface area contributed by atoms with Crippen LogP contribution in [0.1, 0.15) is 198 Å². The Bertz CT molecular complexity index is 2060. The molecular formula is C56H96N10O5. The van der Waals surface area contributed by atoms with Crippen LogP contribution >= 0.6 is 0 Å². The third kappa shape index (κ3) is 10.1. The summed E-state index contributed by atoms with van der Waals surface area (Å²) >= 11 is 0. The lowest BCUT2D eigenvalue weighted by atomic mass is 9.41. The smallest absolute Gasteiger partial charge is 0.303 e. The number of aromatic amines is 2. The first-order chi connectivity index (χ1) is 33.7. The number of nitrogens with one attached hydrogen (secondary N) is 3. The highest BCUT2D eigenvalue weighted by molar-refractivity contribution is 5.88. The van der Waals surface area contributed by atoms with E-state index in [1.165, 1.54) is 89.9 Å². The minimum absolute atomic E-state index is 0.0411. The van der Waals surface area contributed by atoms with Crippen LogP contribution in [0.3, 0.4) is 0 Å². The van der Waals surface area contributed by atoms with E-state index in [1.807, 2.05) is 0 Å². The number of nitrogens with two attached hydrogens (primary N) is 1.